The quantitative estimate of drug-likeness (QED) is 0.159. The Hall–Kier alpha value is -4.51. The largest absolute Gasteiger partial charge is 0.489 e. The summed E-state index contributed by atoms with van der Waals surface area (Å²) >= 11 is 0. The first-order valence-corrected chi connectivity index (χ1v) is 16.0. The summed E-state index contributed by atoms with van der Waals surface area (Å²) in [6.07, 6.45) is 5.17. The molecule has 0 unspecified atom stereocenters. The van der Waals surface area contributed by atoms with Crippen molar-refractivity contribution in [1.29, 1.82) is 0 Å². The minimum atomic E-state index is -3.42. The zero-order valence-corrected chi connectivity index (χ0v) is 25.5. The molecule has 3 aromatic carbocycles. The van der Waals surface area contributed by atoms with Crippen LogP contribution in [-0.2, 0) is 9.84 Å². The van der Waals surface area contributed by atoms with Crippen LogP contribution in [0.2, 0.25) is 0 Å². The van der Waals surface area contributed by atoms with E-state index in [-0.39, 0.29) is 16.4 Å². The van der Waals surface area contributed by atoms with Gasteiger partial charge in [0.25, 0.3) is 0 Å². The second-order valence-corrected chi connectivity index (χ2v) is 13.1. The van der Waals surface area contributed by atoms with Crippen LogP contribution in [-0.4, -0.2) is 42.4 Å². The van der Waals surface area contributed by atoms with E-state index < -0.39 is 16.4 Å². The molecule has 0 N–H and O–H groups in total. The second kappa shape index (κ2) is 11.5. The summed E-state index contributed by atoms with van der Waals surface area (Å²) < 4.78 is 69.7. The van der Waals surface area contributed by atoms with E-state index in [4.69, 9.17) is 18.9 Å². The highest BCUT2D eigenvalue weighted by molar-refractivity contribution is 7.90. The number of ether oxygens (including phenoxy) is 2. The highest BCUT2D eigenvalue weighted by atomic mass is 32.2. The van der Waals surface area contributed by atoms with Gasteiger partial charge in [-0.1, -0.05) is 18.2 Å². The lowest BCUT2D eigenvalue weighted by Crippen LogP contribution is -2.06. The Balaban J connectivity index is 1.52. The van der Waals surface area contributed by atoms with Gasteiger partial charge < -0.3 is 18.5 Å². The van der Waals surface area contributed by atoms with E-state index in [2.05, 4.69) is 4.98 Å². The maximum absolute atomic E-state index is 13.2. The van der Waals surface area contributed by atoms with Crippen molar-refractivity contribution in [2.75, 3.05) is 12.9 Å². The van der Waals surface area contributed by atoms with Gasteiger partial charge in [0.05, 0.1) is 22.9 Å². The normalized spacial score (nSPS) is 13.4. The molecule has 0 amide bonds. The molecule has 6 rings (SSSR count). The third-order valence-electron chi connectivity index (χ3n) is 7.44. The van der Waals surface area contributed by atoms with E-state index in [9.17, 15) is 17.2 Å². The molecule has 11 heteroatoms. The smallest absolute Gasteiger partial charge is 0.387 e. The lowest BCUT2D eigenvalue weighted by atomic mass is 9.98. The van der Waals surface area contributed by atoms with Gasteiger partial charge in [-0.15, -0.1) is 0 Å². The molecule has 44 heavy (non-hydrogen) atoms. The maximum atomic E-state index is 13.2. The molecule has 1 aliphatic carbocycles. The molecule has 0 saturated heterocycles. The van der Waals surface area contributed by atoms with Crippen LogP contribution < -0.4 is 9.47 Å². The van der Waals surface area contributed by atoms with Crippen molar-refractivity contribution >= 4 is 9.84 Å². The van der Waals surface area contributed by atoms with Crippen molar-refractivity contribution in [3.63, 3.8) is 0 Å². The summed E-state index contributed by atoms with van der Waals surface area (Å²) in [5.74, 6) is 2.12. The van der Waals surface area contributed by atoms with Crippen LogP contribution in [0.5, 0.6) is 11.5 Å². The highest BCUT2D eigenvalue weighted by Gasteiger charge is 2.25. The third kappa shape index (κ3) is 6.23. The topological polar surface area (TPSA) is 96.5 Å². The first kappa shape index (κ1) is 29.6. The number of benzene rings is 3. The predicted octanol–water partition coefficient (Wildman–Crippen LogP) is 7.58. The fraction of sp³-hybridized carbons (Fsp3) is 0.273. The van der Waals surface area contributed by atoms with Crippen molar-refractivity contribution in [1.82, 2.24) is 14.5 Å². The summed E-state index contributed by atoms with van der Waals surface area (Å²) in [6.45, 7) is 2.95. The summed E-state index contributed by atoms with van der Waals surface area (Å²) in [5.41, 5.74) is 4.88. The number of aryl methyl sites for hydroxylation is 3. The van der Waals surface area contributed by atoms with Gasteiger partial charge in [0.1, 0.15) is 11.5 Å². The van der Waals surface area contributed by atoms with E-state index in [1.54, 1.807) is 37.3 Å². The molecule has 0 bridgehead atoms. The number of hydrogen-bond acceptors (Lipinski definition) is 7. The van der Waals surface area contributed by atoms with E-state index in [1.165, 1.54) is 12.3 Å². The predicted molar refractivity (Wildman–Crippen MR) is 162 cm³/mol. The number of nitrogens with zero attached hydrogens (tertiary/aromatic N) is 3. The molecule has 228 valence electrons. The molecular weight excluding hydrogens is 588 g/mol. The van der Waals surface area contributed by atoms with Crippen LogP contribution in [0, 0.1) is 26.7 Å². The molecule has 2 heterocycles. The minimum Gasteiger partial charge on any atom is -0.489 e. The number of sulfone groups is 1. The van der Waals surface area contributed by atoms with Gasteiger partial charge in [0, 0.05) is 30.5 Å². The number of halogens is 2. The number of oxazole rings is 1. The second-order valence-electron chi connectivity index (χ2n) is 11.0. The number of imidazole rings is 1. The summed E-state index contributed by atoms with van der Waals surface area (Å²) in [7, 11) is -3.42. The van der Waals surface area contributed by atoms with E-state index in [0.717, 1.165) is 35.6 Å². The molecule has 0 spiro atoms. The Morgan fingerprint density at radius 2 is 1.70 bits per heavy atom. The van der Waals surface area contributed by atoms with Gasteiger partial charge >= 0.3 is 6.61 Å². The Morgan fingerprint density at radius 3 is 2.39 bits per heavy atom. The first-order chi connectivity index (χ1) is 21.0. The van der Waals surface area contributed by atoms with Crippen LogP contribution in [0.3, 0.4) is 0 Å². The fourth-order valence-corrected chi connectivity index (χ4v) is 5.80. The molecule has 0 atom stereocenters. The summed E-state index contributed by atoms with van der Waals surface area (Å²) in [6, 6.07) is 17.3. The van der Waals surface area contributed by atoms with Gasteiger partial charge in [-0.3, -0.25) is 0 Å². The number of aromatic nitrogens is 3. The van der Waals surface area contributed by atoms with Gasteiger partial charge in [-0.05, 0) is 86.2 Å². The van der Waals surface area contributed by atoms with Gasteiger partial charge in [-0.25, -0.2) is 18.4 Å². The molecular formula is C33H31F2N3O5S. The lowest BCUT2D eigenvalue weighted by molar-refractivity contribution is -0.0515. The van der Waals surface area contributed by atoms with Crippen molar-refractivity contribution in [3.05, 3.63) is 84.3 Å². The zero-order valence-electron chi connectivity index (χ0n) is 24.7. The average Bonchev–Trinajstić information content (AvgIpc) is 3.64. The number of rotatable bonds is 10. The molecule has 8 nitrogen and oxygen atoms in total. The number of hydrogen-bond donors (Lipinski definition) is 0. The first-order valence-electron chi connectivity index (χ1n) is 14.1. The molecule has 1 aliphatic rings. The standard InChI is InChI=1S/C33H31F2N3O5S/c1-19-17-38(20(2)36-19)28-12-10-24(23-6-5-7-26(14-23)44(4,39)40)15-27(28)31-32(42-21(3)37-31)25-11-13-29(43-33(34)35)30(16-25)41-18-22-8-9-22/h5-7,10-17,22,33H,8-9,18H2,1-4H3. The Labute approximate surface area is 254 Å². The van der Waals surface area contributed by atoms with Gasteiger partial charge in [-0.2, -0.15) is 8.78 Å². The van der Waals surface area contributed by atoms with Crippen molar-refractivity contribution in [3.8, 4) is 50.9 Å². The van der Waals surface area contributed by atoms with Crippen LogP contribution in [0.4, 0.5) is 8.78 Å². The lowest BCUT2D eigenvalue weighted by Gasteiger charge is -2.15. The Bertz CT molecular complexity index is 1960. The Morgan fingerprint density at radius 1 is 0.955 bits per heavy atom. The average molecular weight is 620 g/mol. The minimum absolute atomic E-state index is 0.0554. The molecule has 2 aromatic heterocycles. The van der Waals surface area contributed by atoms with Crippen LogP contribution in [0.15, 0.2) is 76.2 Å². The SMILES string of the molecule is Cc1cn(-c2ccc(-c3cccc(S(C)(=O)=O)c3)cc2-c2nc(C)oc2-c2ccc(OC(F)F)c(OCC3CC3)c2)c(C)n1. The van der Waals surface area contributed by atoms with Crippen molar-refractivity contribution in [2.24, 2.45) is 5.92 Å². The third-order valence-corrected chi connectivity index (χ3v) is 8.55. The number of alkyl halides is 2. The molecule has 1 saturated carbocycles. The molecule has 1 fully saturated rings. The zero-order chi connectivity index (χ0) is 31.2. The maximum Gasteiger partial charge on any atom is 0.387 e. The Kier molecular flexibility index (Phi) is 7.75. The monoisotopic (exact) mass is 619 g/mol. The van der Waals surface area contributed by atoms with Crippen molar-refractivity contribution in [2.45, 2.75) is 45.1 Å². The van der Waals surface area contributed by atoms with E-state index in [0.29, 0.717) is 46.6 Å². The molecule has 0 aliphatic heterocycles. The van der Waals surface area contributed by atoms with E-state index in [1.807, 2.05) is 48.9 Å². The summed E-state index contributed by atoms with van der Waals surface area (Å²) in [5, 5.41) is 0. The molecule has 0 radical (unpaired) electrons. The van der Waals surface area contributed by atoms with Crippen LogP contribution in [0.1, 0.15) is 30.3 Å². The van der Waals surface area contributed by atoms with E-state index >= 15 is 0 Å². The molecule has 5 aromatic rings. The summed E-state index contributed by atoms with van der Waals surface area (Å²) in [4.78, 5) is 9.55. The fourth-order valence-electron chi connectivity index (χ4n) is 5.14. The highest BCUT2D eigenvalue weighted by Crippen LogP contribution is 2.42. The van der Waals surface area contributed by atoms with Crippen LogP contribution >= 0.6 is 0 Å². The van der Waals surface area contributed by atoms with Gasteiger partial charge in [0.15, 0.2) is 33.0 Å². The van der Waals surface area contributed by atoms with Gasteiger partial charge in [0.2, 0.25) is 0 Å². The van der Waals surface area contributed by atoms with Crippen molar-refractivity contribution < 1.29 is 31.1 Å². The van der Waals surface area contributed by atoms with Crippen LogP contribution in [0.25, 0.3) is 39.4 Å².